The van der Waals surface area contributed by atoms with Gasteiger partial charge in [0, 0.05) is 0 Å². The van der Waals surface area contributed by atoms with Gasteiger partial charge in [0.15, 0.2) is 0 Å². The summed E-state index contributed by atoms with van der Waals surface area (Å²) in [6.07, 6.45) is 4.89. The van der Waals surface area contributed by atoms with Crippen LogP contribution in [0.3, 0.4) is 0 Å². The Morgan fingerprint density at radius 3 is 2.58 bits per heavy atom. The highest BCUT2D eigenvalue weighted by Gasteiger charge is 1.98. The van der Waals surface area contributed by atoms with Crippen LogP contribution in [0.15, 0.2) is 0 Å². The Labute approximate surface area is 70.7 Å². The van der Waals surface area contributed by atoms with Crippen molar-refractivity contribution in [1.29, 1.82) is 0 Å². The van der Waals surface area contributed by atoms with Gasteiger partial charge in [-0.1, -0.05) is 5.92 Å². The number of amides is 2. The van der Waals surface area contributed by atoms with Crippen LogP contribution in [0.2, 0.25) is 0 Å². The summed E-state index contributed by atoms with van der Waals surface area (Å²) in [5.74, 6) is 1.49. The molecule has 0 bridgehead atoms. The van der Waals surface area contributed by atoms with E-state index < -0.39 is 5.91 Å². The molecule has 0 aromatic carbocycles. The van der Waals surface area contributed by atoms with Crippen molar-refractivity contribution >= 4 is 11.8 Å². The molecule has 5 heteroatoms. The molecule has 0 fully saturated rings. The lowest BCUT2D eigenvalue weighted by Gasteiger charge is -2.01. The molecule has 0 heterocycles. The quantitative estimate of drug-likeness (QED) is 0.409. The molecular weight excluding hydrogens is 158 g/mol. The third-order valence-electron chi connectivity index (χ3n) is 0.972. The first kappa shape index (κ1) is 10.5. The van der Waals surface area contributed by atoms with E-state index in [0.717, 1.165) is 0 Å². The normalized spacial score (nSPS) is 8.58. The fourth-order valence-corrected chi connectivity index (χ4v) is 0.511. The molecule has 12 heavy (non-hydrogen) atoms. The second-order valence-corrected chi connectivity index (χ2v) is 2.05. The van der Waals surface area contributed by atoms with E-state index in [9.17, 15) is 9.59 Å². The topological polar surface area (TPSA) is 84.2 Å². The van der Waals surface area contributed by atoms with Crippen LogP contribution in [0.4, 0.5) is 0 Å². The number of terminal acetylenes is 1. The average molecular weight is 169 g/mol. The zero-order valence-corrected chi connectivity index (χ0v) is 6.59. The van der Waals surface area contributed by atoms with Gasteiger partial charge >= 0.3 is 0 Å². The zero-order valence-electron chi connectivity index (χ0n) is 6.59. The van der Waals surface area contributed by atoms with E-state index in [0.29, 0.717) is 0 Å². The molecule has 5 nitrogen and oxygen atoms in total. The molecule has 0 aromatic heterocycles. The van der Waals surface area contributed by atoms with Crippen LogP contribution in [0.1, 0.15) is 0 Å². The maximum Gasteiger partial charge on any atom is 0.234 e. The van der Waals surface area contributed by atoms with E-state index in [1.54, 1.807) is 0 Å². The number of nitrogens with one attached hydrogen (secondary N) is 2. The van der Waals surface area contributed by atoms with E-state index in [1.807, 2.05) is 0 Å². The molecular formula is C7H11N3O2. The van der Waals surface area contributed by atoms with Crippen molar-refractivity contribution in [1.82, 2.24) is 10.6 Å². The van der Waals surface area contributed by atoms with Gasteiger partial charge in [0.2, 0.25) is 11.8 Å². The summed E-state index contributed by atoms with van der Waals surface area (Å²) in [5.41, 5.74) is 4.81. The Kier molecular flexibility index (Phi) is 5.39. The van der Waals surface area contributed by atoms with Gasteiger partial charge in [0.1, 0.15) is 0 Å². The molecule has 0 unspecified atom stereocenters. The summed E-state index contributed by atoms with van der Waals surface area (Å²) in [4.78, 5) is 21.0. The Morgan fingerprint density at radius 2 is 2.08 bits per heavy atom. The van der Waals surface area contributed by atoms with Gasteiger partial charge in [-0.05, 0) is 0 Å². The van der Waals surface area contributed by atoms with Crippen molar-refractivity contribution in [3.8, 4) is 12.3 Å². The molecule has 4 N–H and O–H groups in total. The first-order valence-corrected chi connectivity index (χ1v) is 3.36. The molecule has 0 atom stereocenters. The van der Waals surface area contributed by atoms with Crippen LogP contribution < -0.4 is 16.4 Å². The van der Waals surface area contributed by atoms with Crippen LogP contribution in [-0.4, -0.2) is 31.4 Å². The van der Waals surface area contributed by atoms with E-state index in [4.69, 9.17) is 12.2 Å². The Balaban J connectivity index is 3.33. The predicted molar refractivity (Wildman–Crippen MR) is 43.9 cm³/mol. The van der Waals surface area contributed by atoms with Gasteiger partial charge in [0.05, 0.1) is 19.6 Å². The minimum atomic E-state index is -0.500. The van der Waals surface area contributed by atoms with Gasteiger partial charge < -0.3 is 11.1 Å². The third kappa shape index (κ3) is 6.58. The average Bonchev–Trinajstić information content (AvgIpc) is 2.00. The minimum Gasteiger partial charge on any atom is -0.369 e. The second-order valence-electron chi connectivity index (χ2n) is 2.05. The van der Waals surface area contributed by atoms with Gasteiger partial charge in [-0.3, -0.25) is 14.9 Å². The molecule has 2 amide bonds. The molecule has 0 spiro atoms. The maximum atomic E-state index is 10.8. The van der Waals surface area contributed by atoms with Gasteiger partial charge in [-0.25, -0.2) is 0 Å². The largest absolute Gasteiger partial charge is 0.369 e. The van der Waals surface area contributed by atoms with Gasteiger partial charge in [-0.15, -0.1) is 6.42 Å². The maximum absolute atomic E-state index is 10.8. The molecule has 0 rings (SSSR count). The van der Waals surface area contributed by atoms with Gasteiger partial charge in [-0.2, -0.15) is 0 Å². The van der Waals surface area contributed by atoms with E-state index in [-0.39, 0.29) is 25.5 Å². The lowest BCUT2D eigenvalue weighted by Crippen LogP contribution is -2.37. The van der Waals surface area contributed by atoms with Crippen LogP contribution >= 0.6 is 0 Å². The number of carbonyl (C=O) groups excluding carboxylic acids is 2. The molecule has 66 valence electrons. The Morgan fingerprint density at radius 1 is 1.42 bits per heavy atom. The summed E-state index contributed by atoms with van der Waals surface area (Å²) < 4.78 is 0. The minimum absolute atomic E-state index is 0.0104. The molecule has 0 aliphatic carbocycles. The van der Waals surface area contributed by atoms with E-state index in [1.165, 1.54) is 0 Å². The molecule has 0 aliphatic heterocycles. The highest BCUT2D eigenvalue weighted by Crippen LogP contribution is 1.63. The molecule has 0 radical (unpaired) electrons. The third-order valence-corrected chi connectivity index (χ3v) is 0.972. The van der Waals surface area contributed by atoms with Crippen molar-refractivity contribution in [2.45, 2.75) is 0 Å². The first-order chi connectivity index (χ1) is 5.66. The summed E-state index contributed by atoms with van der Waals surface area (Å²) in [7, 11) is 0. The van der Waals surface area contributed by atoms with Crippen molar-refractivity contribution in [3.63, 3.8) is 0 Å². The number of nitrogens with two attached hydrogens (primary N) is 1. The lowest BCUT2D eigenvalue weighted by atomic mass is 10.5. The molecule has 0 aliphatic rings. The van der Waals surface area contributed by atoms with Crippen LogP contribution in [0.25, 0.3) is 0 Å². The van der Waals surface area contributed by atoms with Crippen molar-refractivity contribution in [3.05, 3.63) is 0 Å². The molecule has 0 saturated heterocycles. The zero-order chi connectivity index (χ0) is 9.40. The highest BCUT2D eigenvalue weighted by molar-refractivity contribution is 5.80. The van der Waals surface area contributed by atoms with E-state index in [2.05, 4.69) is 16.6 Å². The van der Waals surface area contributed by atoms with Gasteiger partial charge in [0.25, 0.3) is 0 Å². The van der Waals surface area contributed by atoms with Crippen LogP contribution in [0.5, 0.6) is 0 Å². The fourth-order valence-electron chi connectivity index (χ4n) is 0.511. The summed E-state index contributed by atoms with van der Waals surface area (Å²) in [6.45, 7) is 0.227. The van der Waals surface area contributed by atoms with E-state index >= 15 is 0 Å². The van der Waals surface area contributed by atoms with Crippen molar-refractivity contribution in [2.24, 2.45) is 5.73 Å². The number of hydrogen-bond donors (Lipinski definition) is 3. The SMILES string of the molecule is C#CCNC(=O)CNCC(N)=O. The van der Waals surface area contributed by atoms with Crippen LogP contribution in [-0.2, 0) is 9.59 Å². The number of rotatable bonds is 5. The predicted octanol–water partition coefficient (Wildman–Crippen LogP) is -2.19. The standard InChI is InChI=1S/C7H11N3O2/c1-2-3-10-7(12)5-9-4-6(8)11/h1,9H,3-5H2,(H2,8,11)(H,10,12). The summed E-state index contributed by atoms with van der Waals surface area (Å²) in [6, 6.07) is 0. The highest BCUT2D eigenvalue weighted by atomic mass is 16.2. The van der Waals surface area contributed by atoms with Crippen molar-refractivity contribution < 1.29 is 9.59 Å². The van der Waals surface area contributed by atoms with Crippen LogP contribution in [0, 0.1) is 12.3 Å². The summed E-state index contributed by atoms with van der Waals surface area (Å²) >= 11 is 0. The summed E-state index contributed by atoms with van der Waals surface area (Å²) in [5, 5.41) is 4.95. The second kappa shape index (κ2) is 6.19. The lowest BCUT2D eigenvalue weighted by molar-refractivity contribution is -0.120. The van der Waals surface area contributed by atoms with Crippen molar-refractivity contribution in [2.75, 3.05) is 19.6 Å². The monoisotopic (exact) mass is 169 g/mol. The number of primary amides is 1. The molecule has 0 aromatic rings. The fraction of sp³-hybridized carbons (Fsp3) is 0.429. The Hall–Kier alpha value is -1.54. The molecule has 0 saturated carbocycles. The Bertz CT molecular complexity index is 207. The smallest absolute Gasteiger partial charge is 0.234 e. The first-order valence-electron chi connectivity index (χ1n) is 3.36. The number of hydrogen-bond acceptors (Lipinski definition) is 3. The number of carbonyl (C=O) groups is 2.